The second kappa shape index (κ2) is 8.79. The third-order valence-corrected chi connectivity index (χ3v) is 5.55. The van der Waals surface area contributed by atoms with E-state index in [4.69, 9.17) is 21.1 Å². The predicted molar refractivity (Wildman–Crippen MR) is 120 cm³/mol. The fraction of sp³-hybridized carbons (Fsp3) is 0.304. The van der Waals surface area contributed by atoms with Crippen LogP contribution in [0.2, 0.25) is 5.02 Å². The van der Waals surface area contributed by atoms with Crippen LogP contribution in [0, 0.1) is 0 Å². The average Bonchev–Trinajstić information content (AvgIpc) is 2.78. The van der Waals surface area contributed by atoms with Crippen molar-refractivity contribution in [3.8, 4) is 5.75 Å². The van der Waals surface area contributed by atoms with E-state index in [2.05, 4.69) is 20.9 Å². The quantitative estimate of drug-likeness (QED) is 0.565. The van der Waals surface area contributed by atoms with Crippen molar-refractivity contribution >= 4 is 39.8 Å². The van der Waals surface area contributed by atoms with E-state index in [9.17, 15) is 4.79 Å². The first kappa shape index (κ1) is 20.3. The van der Waals surface area contributed by atoms with Gasteiger partial charge in [0, 0.05) is 48.5 Å². The summed E-state index contributed by atoms with van der Waals surface area (Å²) in [6.07, 6.45) is 1.60. The van der Waals surface area contributed by atoms with Gasteiger partial charge in [0.05, 0.1) is 19.4 Å². The van der Waals surface area contributed by atoms with Crippen molar-refractivity contribution in [2.45, 2.75) is 6.92 Å². The molecule has 0 atom stereocenters. The third kappa shape index (κ3) is 3.87. The molecule has 0 saturated carbocycles. The molecule has 1 saturated heterocycles. The van der Waals surface area contributed by atoms with Crippen LogP contribution in [0.15, 0.2) is 48.7 Å². The van der Waals surface area contributed by atoms with Crippen molar-refractivity contribution in [1.82, 2.24) is 4.98 Å². The van der Waals surface area contributed by atoms with Gasteiger partial charge in [0.15, 0.2) is 0 Å². The van der Waals surface area contributed by atoms with Crippen LogP contribution >= 0.6 is 11.6 Å². The summed E-state index contributed by atoms with van der Waals surface area (Å²) in [4.78, 5) is 21.7. The summed E-state index contributed by atoms with van der Waals surface area (Å²) in [5.41, 5.74) is 3.17. The van der Waals surface area contributed by atoms with Crippen LogP contribution in [0.1, 0.15) is 17.3 Å². The number of rotatable bonds is 5. The number of anilines is 2. The summed E-state index contributed by atoms with van der Waals surface area (Å²) in [5.74, 6) is 0.323. The SMILES string of the molecule is CCOC(=O)c1cnc2c(OC)cccc2c1N1CCN(c2cccc(Cl)c2)CC1. The minimum Gasteiger partial charge on any atom is -0.494 e. The normalized spacial score (nSPS) is 14.1. The number of esters is 1. The summed E-state index contributed by atoms with van der Waals surface area (Å²) < 4.78 is 10.8. The van der Waals surface area contributed by atoms with E-state index in [0.717, 1.165) is 53.5 Å². The zero-order valence-corrected chi connectivity index (χ0v) is 17.9. The lowest BCUT2D eigenvalue weighted by Crippen LogP contribution is -2.47. The number of benzene rings is 2. The molecule has 0 spiro atoms. The Bertz CT molecular complexity index is 1060. The van der Waals surface area contributed by atoms with Gasteiger partial charge in [0.1, 0.15) is 16.8 Å². The molecule has 1 fully saturated rings. The number of para-hydroxylation sites is 1. The van der Waals surface area contributed by atoms with Crippen LogP contribution in [0.5, 0.6) is 5.75 Å². The van der Waals surface area contributed by atoms with Crippen LogP contribution in [0.3, 0.4) is 0 Å². The Labute approximate surface area is 181 Å². The van der Waals surface area contributed by atoms with Gasteiger partial charge in [-0.1, -0.05) is 29.8 Å². The molecular formula is C23H24ClN3O3. The number of fused-ring (bicyclic) bond motifs is 1. The lowest BCUT2D eigenvalue weighted by Gasteiger charge is -2.38. The summed E-state index contributed by atoms with van der Waals surface area (Å²) in [7, 11) is 1.62. The Hall–Kier alpha value is -2.99. The average molecular weight is 426 g/mol. The van der Waals surface area contributed by atoms with Crippen LogP contribution < -0.4 is 14.5 Å². The highest BCUT2D eigenvalue weighted by Gasteiger charge is 2.26. The lowest BCUT2D eigenvalue weighted by molar-refractivity contribution is 0.0526. The maximum absolute atomic E-state index is 12.7. The fourth-order valence-electron chi connectivity index (χ4n) is 3.91. The van der Waals surface area contributed by atoms with E-state index in [1.54, 1.807) is 20.2 Å². The van der Waals surface area contributed by atoms with Crippen molar-refractivity contribution in [2.75, 3.05) is 49.7 Å². The molecule has 1 aliphatic heterocycles. The number of pyridine rings is 1. The number of nitrogens with zero attached hydrogens (tertiary/aromatic N) is 3. The molecule has 7 heteroatoms. The van der Waals surface area contributed by atoms with Crippen LogP contribution in [0.25, 0.3) is 10.9 Å². The number of hydrogen-bond acceptors (Lipinski definition) is 6. The smallest absolute Gasteiger partial charge is 0.341 e. The number of carbonyl (C=O) groups excluding carboxylic acids is 1. The second-order valence-corrected chi connectivity index (χ2v) is 7.49. The van der Waals surface area contributed by atoms with Gasteiger partial charge in [-0.2, -0.15) is 0 Å². The van der Waals surface area contributed by atoms with Crippen molar-refractivity contribution in [1.29, 1.82) is 0 Å². The molecule has 0 amide bonds. The Kier molecular flexibility index (Phi) is 5.95. The monoisotopic (exact) mass is 425 g/mol. The van der Waals surface area contributed by atoms with E-state index in [0.29, 0.717) is 17.9 Å². The number of carbonyl (C=O) groups is 1. The zero-order valence-electron chi connectivity index (χ0n) is 17.1. The minimum atomic E-state index is -0.359. The Morgan fingerprint density at radius 1 is 1.10 bits per heavy atom. The van der Waals surface area contributed by atoms with Crippen LogP contribution in [0.4, 0.5) is 11.4 Å². The standard InChI is InChI=1S/C23H24ClN3O3/c1-3-30-23(28)19-15-25-21-18(8-5-9-20(21)29-2)22(19)27-12-10-26(11-13-27)17-7-4-6-16(24)14-17/h4-9,14-15H,3,10-13H2,1-2H3. The van der Waals surface area contributed by atoms with Gasteiger partial charge >= 0.3 is 5.97 Å². The van der Waals surface area contributed by atoms with Crippen molar-refractivity contribution < 1.29 is 14.3 Å². The highest BCUT2D eigenvalue weighted by molar-refractivity contribution is 6.30. The molecule has 0 radical (unpaired) electrons. The van der Waals surface area contributed by atoms with E-state index in [1.165, 1.54) is 0 Å². The molecule has 0 aliphatic carbocycles. The molecule has 6 nitrogen and oxygen atoms in total. The van der Waals surface area contributed by atoms with Gasteiger partial charge in [-0.15, -0.1) is 0 Å². The third-order valence-electron chi connectivity index (χ3n) is 5.32. The number of piperazine rings is 1. The van der Waals surface area contributed by atoms with Crippen molar-refractivity contribution in [3.05, 3.63) is 59.2 Å². The summed E-state index contributed by atoms with van der Waals surface area (Å²) in [5, 5.41) is 1.61. The van der Waals surface area contributed by atoms with E-state index in [1.807, 2.05) is 36.4 Å². The molecule has 4 rings (SSSR count). The molecule has 3 aromatic rings. The summed E-state index contributed by atoms with van der Waals surface area (Å²) >= 11 is 6.16. The number of methoxy groups -OCH3 is 1. The van der Waals surface area contributed by atoms with E-state index >= 15 is 0 Å². The number of ether oxygens (including phenoxy) is 2. The topological polar surface area (TPSA) is 54.9 Å². The van der Waals surface area contributed by atoms with Crippen LogP contribution in [-0.2, 0) is 4.74 Å². The second-order valence-electron chi connectivity index (χ2n) is 7.05. The Morgan fingerprint density at radius 3 is 2.53 bits per heavy atom. The number of halogens is 1. The molecule has 1 aliphatic rings. The van der Waals surface area contributed by atoms with E-state index < -0.39 is 0 Å². The minimum absolute atomic E-state index is 0.316. The first-order chi connectivity index (χ1) is 14.6. The molecule has 2 aromatic carbocycles. The molecule has 30 heavy (non-hydrogen) atoms. The summed E-state index contributed by atoms with van der Waals surface area (Å²) in [6.45, 7) is 5.27. The van der Waals surface area contributed by atoms with Crippen molar-refractivity contribution in [2.24, 2.45) is 0 Å². The number of aromatic nitrogens is 1. The lowest BCUT2D eigenvalue weighted by atomic mass is 10.1. The molecular weight excluding hydrogens is 402 g/mol. The first-order valence-electron chi connectivity index (χ1n) is 10.0. The molecule has 156 valence electrons. The maximum atomic E-state index is 12.7. The highest BCUT2D eigenvalue weighted by Crippen LogP contribution is 2.35. The van der Waals surface area contributed by atoms with Gasteiger partial charge in [-0.25, -0.2) is 4.79 Å². The van der Waals surface area contributed by atoms with Gasteiger partial charge in [0.2, 0.25) is 0 Å². The number of hydrogen-bond donors (Lipinski definition) is 0. The van der Waals surface area contributed by atoms with Gasteiger partial charge in [-0.3, -0.25) is 4.98 Å². The van der Waals surface area contributed by atoms with E-state index in [-0.39, 0.29) is 5.97 Å². The molecule has 1 aromatic heterocycles. The predicted octanol–water partition coefficient (Wildman–Crippen LogP) is 4.40. The first-order valence-corrected chi connectivity index (χ1v) is 10.4. The van der Waals surface area contributed by atoms with Gasteiger partial charge < -0.3 is 19.3 Å². The molecule has 0 N–H and O–H groups in total. The Balaban J connectivity index is 1.70. The summed E-state index contributed by atoms with van der Waals surface area (Å²) in [6, 6.07) is 13.7. The van der Waals surface area contributed by atoms with Gasteiger partial charge in [0.25, 0.3) is 0 Å². The Morgan fingerprint density at radius 2 is 1.83 bits per heavy atom. The largest absolute Gasteiger partial charge is 0.494 e. The molecule has 0 unspecified atom stereocenters. The zero-order chi connectivity index (χ0) is 21.1. The highest BCUT2D eigenvalue weighted by atomic mass is 35.5. The molecule has 2 heterocycles. The molecule has 0 bridgehead atoms. The maximum Gasteiger partial charge on any atom is 0.341 e. The van der Waals surface area contributed by atoms with Crippen molar-refractivity contribution in [3.63, 3.8) is 0 Å². The fourth-order valence-corrected chi connectivity index (χ4v) is 4.09. The van der Waals surface area contributed by atoms with Gasteiger partial charge in [-0.05, 0) is 31.2 Å². The van der Waals surface area contributed by atoms with Crippen LogP contribution in [-0.4, -0.2) is 50.8 Å².